The number of rotatable bonds is 9. The Morgan fingerprint density at radius 1 is 1.18 bits per heavy atom. The van der Waals surface area contributed by atoms with Crippen LogP contribution < -0.4 is 10.1 Å². The van der Waals surface area contributed by atoms with E-state index >= 15 is 0 Å². The number of fused-ring (bicyclic) bond motifs is 1. The number of hydrogen-bond donors (Lipinski definition) is 1. The van der Waals surface area contributed by atoms with Gasteiger partial charge in [-0.05, 0) is 25.1 Å². The molecule has 1 atom stereocenters. The van der Waals surface area contributed by atoms with Crippen LogP contribution in [-0.2, 0) is 22.6 Å². The number of aromatic nitrogens is 2. The van der Waals surface area contributed by atoms with Gasteiger partial charge in [0.25, 0.3) is 0 Å². The Morgan fingerprint density at radius 2 is 1.93 bits per heavy atom. The second-order valence-electron chi connectivity index (χ2n) is 6.32. The zero-order valence-electron chi connectivity index (χ0n) is 16.3. The highest BCUT2D eigenvalue weighted by molar-refractivity contribution is 8.00. The van der Waals surface area contributed by atoms with Gasteiger partial charge in [-0.1, -0.05) is 42.1 Å². The maximum Gasteiger partial charge on any atom is 0.233 e. The zero-order valence-corrected chi connectivity index (χ0v) is 17.2. The second kappa shape index (κ2) is 9.61. The molecule has 0 aliphatic heterocycles. The first kappa shape index (κ1) is 20.2. The molecule has 7 heteroatoms. The van der Waals surface area contributed by atoms with Crippen molar-refractivity contribution in [3.05, 3.63) is 54.1 Å². The molecule has 148 valence electrons. The second-order valence-corrected chi connectivity index (χ2v) is 7.63. The van der Waals surface area contributed by atoms with Crippen molar-refractivity contribution in [1.29, 1.82) is 0 Å². The van der Waals surface area contributed by atoms with E-state index in [1.807, 2.05) is 55.5 Å². The van der Waals surface area contributed by atoms with Crippen LogP contribution in [0.4, 0.5) is 0 Å². The number of para-hydroxylation sites is 3. The van der Waals surface area contributed by atoms with Crippen LogP contribution in [0, 0.1) is 0 Å². The number of hydrogen-bond acceptors (Lipinski definition) is 5. The molecule has 0 radical (unpaired) electrons. The number of nitrogens with one attached hydrogen (secondary N) is 1. The zero-order chi connectivity index (χ0) is 19.9. The predicted molar refractivity (Wildman–Crippen MR) is 112 cm³/mol. The number of amides is 1. The van der Waals surface area contributed by atoms with Crippen molar-refractivity contribution in [3.8, 4) is 5.75 Å². The quantitative estimate of drug-likeness (QED) is 0.558. The highest BCUT2D eigenvalue weighted by atomic mass is 32.2. The molecule has 0 spiro atoms. The monoisotopic (exact) mass is 399 g/mol. The molecule has 1 heterocycles. The molecule has 2 aromatic carbocycles. The first-order valence-corrected chi connectivity index (χ1v) is 10.0. The molecule has 0 saturated heterocycles. The highest BCUT2D eigenvalue weighted by Crippen LogP contribution is 2.27. The maximum absolute atomic E-state index is 12.6. The van der Waals surface area contributed by atoms with Gasteiger partial charge in [0.05, 0.1) is 30.0 Å². The third kappa shape index (κ3) is 4.66. The Kier molecular flexibility index (Phi) is 6.95. The fraction of sp³-hybridized carbons (Fsp3) is 0.333. The van der Waals surface area contributed by atoms with Gasteiger partial charge in [0, 0.05) is 25.8 Å². The number of imidazole rings is 1. The molecular formula is C21H25N3O3S. The maximum atomic E-state index is 12.6. The summed E-state index contributed by atoms with van der Waals surface area (Å²) in [6.45, 7) is 3.59. The lowest BCUT2D eigenvalue weighted by Crippen LogP contribution is -2.30. The van der Waals surface area contributed by atoms with Gasteiger partial charge in [0.1, 0.15) is 5.75 Å². The van der Waals surface area contributed by atoms with E-state index in [1.54, 1.807) is 14.2 Å². The molecule has 28 heavy (non-hydrogen) atoms. The first-order valence-electron chi connectivity index (χ1n) is 9.14. The van der Waals surface area contributed by atoms with Gasteiger partial charge in [0.15, 0.2) is 5.16 Å². The third-order valence-electron chi connectivity index (χ3n) is 4.44. The van der Waals surface area contributed by atoms with Crippen LogP contribution in [0.15, 0.2) is 53.7 Å². The van der Waals surface area contributed by atoms with Crippen LogP contribution in [0.5, 0.6) is 5.75 Å². The summed E-state index contributed by atoms with van der Waals surface area (Å²) in [6.07, 6.45) is 0. The van der Waals surface area contributed by atoms with Crippen molar-refractivity contribution >= 4 is 28.7 Å². The summed E-state index contributed by atoms with van der Waals surface area (Å²) in [5.74, 6) is 0.728. The lowest BCUT2D eigenvalue weighted by molar-refractivity contribution is -0.120. The van der Waals surface area contributed by atoms with E-state index in [9.17, 15) is 4.79 Å². The molecule has 1 amide bonds. The Labute approximate surface area is 169 Å². The minimum Gasteiger partial charge on any atom is -0.496 e. The van der Waals surface area contributed by atoms with Crippen LogP contribution in [-0.4, -0.2) is 41.5 Å². The molecule has 6 nitrogen and oxygen atoms in total. The molecule has 0 fully saturated rings. The van der Waals surface area contributed by atoms with Crippen LogP contribution in [0.2, 0.25) is 0 Å². The fourth-order valence-corrected chi connectivity index (χ4v) is 3.90. The molecular weight excluding hydrogens is 374 g/mol. The molecule has 3 rings (SSSR count). The molecule has 0 saturated carbocycles. The highest BCUT2D eigenvalue weighted by Gasteiger charge is 2.19. The average molecular weight is 400 g/mol. The van der Waals surface area contributed by atoms with Crippen molar-refractivity contribution in [1.82, 2.24) is 14.9 Å². The summed E-state index contributed by atoms with van der Waals surface area (Å²) in [6, 6.07) is 15.6. The van der Waals surface area contributed by atoms with Crippen molar-refractivity contribution in [3.63, 3.8) is 0 Å². The Morgan fingerprint density at radius 3 is 2.71 bits per heavy atom. The predicted octanol–water partition coefficient (Wildman–Crippen LogP) is 3.49. The number of carbonyl (C=O) groups excluding carboxylic acids is 1. The summed E-state index contributed by atoms with van der Waals surface area (Å²) in [5.41, 5.74) is 2.91. The SMILES string of the molecule is COCCn1c(SC(C)C(=O)NCc2ccccc2OC)nc2ccccc21. The van der Waals surface area contributed by atoms with E-state index in [0.717, 1.165) is 27.5 Å². The van der Waals surface area contributed by atoms with Gasteiger partial charge in [-0.2, -0.15) is 0 Å². The van der Waals surface area contributed by atoms with E-state index in [4.69, 9.17) is 14.5 Å². The van der Waals surface area contributed by atoms with Crippen LogP contribution in [0.25, 0.3) is 11.0 Å². The first-order chi connectivity index (χ1) is 13.6. The smallest absolute Gasteiger partial charge is 0.233 e. The van der Waals surface area contributed by atoms with Gasteiger partial charge in [-0.3, -0.25) is 4.79 Å². The Bertz CT molecular complexity index is 942. The van der Waals surface area contributed by atoms with Crippen LogP contribution >= 0.6 is 11.8 Å². The molecule has 1 N–H and O–H groups in total. The minimum atomic E-state index is -0.284. The summed E-state index contributed by atoms with van der Waals surface area (Å²) in [4.78, 5) is 17.3. The number of ether oxygens (including phenoxy) is 2. The molecule has 0 aliphatic carbocycles. The molecule has 3 aromatic rings. The number of thioether (sulfide) groups is 1. The Balaban J connectivity index is 1.69. The van der Waals surface area contributed by atoms with Gasteiger partial charge in [-0.25, -0.2) is 4.98 Å². The number of benzene rings is 2. The summed E-state index contributed by atoms with van der Waals surface area (Å²) >= 11 is 1.45. The summed E-state index contributed by atoms with van der Waals surface area (Å²) in [5, 5.41) is 3.52. The Hall–Kier alpha value is -2.51. The average Bonchev–Trinajstić information content (AvgIpc) is 3.07. The van der Waals surface area contributed by atoms with Gasteiger partial charge >= 0.3 is 0 Å². The van der Waals surface area contributed by atoms with Crippen molar-refractivity contribution < 1.29 is 14.3 Å². The fourth-order valence-electron chi connectivity index (χ4n) is 2.93. The third-order valence-corrected chi connectivity index (χ3v) is 5.53. The van der Waals surface area contributed by atoms with Gasteiger partial charge < -0.3 is 19.4 Å². The summed E-state index contributed by atoms with van der Waals surface area (Å²) in [7, 11) is 3.31. The van der Waals surface area contributed by atoms with Crippen molar-refractivity contribution in [2.75, 3.05) is 20.8 Å². The van der Waals surface area contributed by atoms with Crippen molar-refractivity contribution in [2.45, 2.75) is 30.4 Å². The van der Waals surface area contributed by atoms with Gasteiger partial charge in [-0.15, -0.1) is 0 Å². The van der Waals surface area contributed by atoms with E-state index in [0.29, 0.717) is 19.7 Å². The van der Waals surface area contributed by atoms with Crippen LogP contribution in [0.1, 0.15) is 12.5 Å². The van der Waals surface area contributed by atoms with E-state index in [2.05, 4.69) is 9.88 Å². The minimum absolute atomic E-state index is 0.0405. The largest absolute Gasteiger partial charge is 0.496 e. The molecule has 0 aliphatic rings. The van der Waals surface area contributed by atoms with E-state index < -0.39 is 0 Å². The van der Waals surface area contributed by atoms with E-state index in [1.165, 1.54) is 11.8 Å². The standard InChI is InChI=1S/C21H25N3O3S/c1-15(20(25)22-14-16-8-4-7-11-19(16)27-3)28-21-23-17-9-5-6-10-18(17)24(21)12-13-26-2/h4-11,15H,12-14H2,1-3H3,(H,22,25). The van der Waals surface area contributed by atoms with Gasteiger partial charge in [0.2, 0.25) is 5.91 Å². The van der Waals surface area contributed by atoms with Crippen LogP contribution in [0.3, 0.4) is 0 Å². The topological polar surface area (TPSA) is 65.4 Å². The van der Waals surface area contributed by atoms with Crippen molar-refractivity contribution in [2.24, 2.45) is 0 Å². The van der Waals surface area contributed by atoms with E-state index in [-0.39, 0.29) is 11.2 Å². The normalized spacial score (nSPS) is 12.1. The number of methoxy groups -OCH3 is 2. The number of carbonyl (C=O) groups is 1. The summed E-state index contributed by atoms with van der Waals surface area (Å²) < 4.78 is 12.7. The molecule has 0 bridgehead atoms. The number of nitrogens with zero attached hydrogens (tertiary/aromatic N) is 2. The lowest BCUT2D eigenvalue weighted by Gasteiger charge is -2.14. The molecule has 1 unspecified atom stereocenters. The molecule has 1 aromatic heterocycles. The lowest BCUT2D eigenvalue weighted by atomic mass is 10.2.